The van der Waals surface area contributed by atoms with Crippen LogP contribution in [-0.4, -0.2) is 16.4 Å². The normalized spacial score (nSPS) is 24.3. The summed E-state index contributed by atoms with van der Waals surface area (Å²) < 4.78 is 0. The van der Waals surface area contributed by atoms with Gasteiger partial charge in [-0.05, 0) is 19.8 Å². The van der Waals surface area contributed by atoms with Crippen LogP contribution in [0.3, 0.4) is 0 Å². The smallest absolute Gasteiger partial charge is 0.225 e. The number of nitrogens with two attached hydrogens (primary N) is 1. The van der Waals surface area contributed by atoms with E-state index in [0.717, 1.165) is 36.4 Å². The molecule has 0 spiro atoms. The molecule has 1 aromatic heterocycles. The molecule has 7 heteroatoms. The molecule has 23 heavy (non-hydrogen) atoms. The number of halogens is 2. The molecule has 0 aromatic carbocycles. The minimum Gasteiger partial charge on any atom is -0.349 e. The number of hydrogen-bond acceptors (Lipinski definition) is 4. The van der Waals surface area contributed by atoms with E-state index in [1.54, 1.807) is 11.3 Å². The fourth-order valence-corrected chi connectivity index (χ4v) is 3.77. The Morgan fingerprint density at radius 2 is 2.09 bits per heavy atom. The number of carbonyl (C=O) groups excluding carboxylic acids is 1. The molecule has 2 atom stereocenters. The molecule has 0 radical (unpaired) electrons. The lowest BCUT2D eigenvalue weighted by Crippen LogP contribution is -2.52. The van der Waals surface area contributed by atoms with E-state index in [0.29, 0.717) is 6.54 Å². The summed E-state index contributed by atoms with van der Waals surface area (Å²) in [6.45, 7) is 8.94. The maximum Gasteiger partial charge on any atom is 0.225 e. The molecular formula is C16H29Cl2N3OS. The predicted molar refractivity (Wildman–Crippen MR) is 102 cm³/mol. The van der Waals surface area contributed by atoms with E-state index in [-0.39, 0.29) is 47.6 Å². The Bertz CT molecular complexity index is 512. The molecule has 134 valence electrons. The zero-order valence-electron chi connectivity index (χ0n) is 14.3. The second kappa shape index (κ2) is 8.65. The van der Waals surface area contributed by atoms with Crippen LogP contribution in [0.4, 0.5) is 0 Å². The number of thiazole rings is 1. The highest BCUT2D eigenvalue weighted by Gasteiger charge is 2.37. The van der Waals surface area contributed by atoms with Gasteiger partial charge in [-0.1, -0.05) is 33.6 Å². The van der Waals surface area contributed by atoms with Crippen molar-refractivity contribution in [2.45, 2.75) is 70.9 Å². The van der Waals surface area contributed by atoms with Crippen LogP contribution in [0.5, 0.6) is 0 Å². The summed E-state index contributed by atoms with van der Waals surface area (Å²) in [4.78, 5) is 17.0. The molecule has 0 saturated heterocycles. The van der Waals surface area contributed by atoms with Crippen molar-refractivity contribution in [3.05, 3.63) is 16.1 Å². The van der Waals surface area contributed by atoms with Gasteiger partial charge in [0.05, 0.1) is 18.2 Å². The highest BCUT2D eigenvalue weighted by Crippen LogP contribution is 2.31. The number of carbonyl (C=O) groups is 1. The van der Waals surface area contributed by atoms with Gasteiger partial charge in [-0.15, -0.1) is 36.2 Å². The van der Waals surface area contributed by atoms with E-state index in [4.69, 9.17) is 5.73 Å². The van der Waals surface area contributed by atoms with Gasteiger partial charge in [0.15, 0.2) is 0 Å². The largest absolute Gasteiger partial charge is 0.349 e. The number of hydrogen-bond donors (Lipinski definition) is 2. The Morgan fingerprint density at radius 3 is 2.61 bits per heavy atom. The van der Waals surface area contributed by atoms with Crippen molar-refractivity contribution in [2.75, 3.05) is 0 Å². The number of aromatic nitrogens is 1. The summed E-state index contributed by atoms with van der Waals surface area (Å²) in [7, 11) is 0. The Balaban J connectivity index is 0.00000242. The molecule has 1 aliphatic carbocycles. The van der Waals surface area contributed by atoms with Crippen molar-refractivity contribution in [3.8, 4) is 0 Å². The van der Waals surface area contributed by atoms with Crippen LogP contribution in [0.15, 0.2) is 5.38 Å². The van der Waals surface area contributed by atoms with Crippen molar-refractivity contribution in [1.29, 1.82) is 0 Å². The number of nitrogens with one attached hydrogen (secondary N) is 1. The quantitative estimate of drug-likeness (QED) is 0.835. The van der Waals surface area contributed by atoms with E-state index in [2.05, 4.69) is 36.5 Å². The van der Waals surface area contributed by atoms with Crippen LogP contribution in [0.1, 0.15) is 64.1 Å². The predicted octanol–water partition coefficient (Wildman–Crippen LogP) is 3.81. The Kier molecular flexibility index (Phi) is 8.52. The average Bonchev–Trinajstić information content (AvgIpc) is 2.84. The zero-order chi connectivity index (χ0) is 15.7. The van der Waals surface area contributed by atoms with Gasteiger partial charge in [0.2, 0.25) is 5.91 Å². The third-order valence-electron chi connectivity index (χ3n) is 4.30. The van der Waals surface area contributed by atoms with Crippen molar-refractivity contribution in [3.63, 3.8) is 0 Å². The molecule has 1 amide bonds. The van der Waals surface area contributed by atoms with Crippen molar-refractivity contribution in [1.82, 2.24) is 10.3 Å². The Hall–Kier alpha value is -0.360. The molecule has 1 fully saturated rings. The average molecular weight is 382 g/mol. The second-order valence-electron chi connectivity index (χ2n) is 7.40. The van der Waals surface area contributed by atoms with Gasteiger partial charge in [0.1, 0.15) is 5.01 Å². The van der Waals surface area contributed by atoms with Crippen LogP contribution >= 0.6 is 36.2 Å². The van der Waals surface area contributed by atoms with Crippen LogP contribution in [0.2, 0.25) is 0 Å². The maximum absolute atomic E-state index is 12.4. The summed E-state index contributed by atoms with van der Waals surface area (Å²) in [5.41, 5.74) is 7.04. The SMILES string of the molecule is CC(C)(C)c1csc(CNC(=O)C2CCCCC2(C)N)n1.Cl.Cl. The van der Waals surface area contributed by atoms with Gasteiger partial charge >= 0.3 is 0 Å². The zero-order valence-corrected chi connectivity index (χ0v) is 16.8. The lowest BCUT2D eigenvalue weighted by Gasteiger charge is -2.37. The summed E-state index contributed by atoms with van der Waals surface area (Å²) in [6.07, 6.45) is 4.04. The highest BCUT2D eigenvalue weighted by molar-refractivity contribution is 7.09. The third-order valence-corrected chi connectivity index (χ3v) is 5.15. The van der Waals surface area contributed by atoms with Gasteiger partial charge in [-0.2, -0.15) is 0 Å². The molecule has 0 bridgehead atoms. The summed E-state index contributed by atoms with van der Waals surface area (Å²) >= 11 is 1.61. The van der Waals surface area contributed by atoms with Gasteiger partial charge in [0, 0.05) is 16.3 Å². The van der Waals surface area contributed by atoms with E-state index < -0.39 is 0 Å². The molecule has 1 aliphatic rings. The highest BCUT2D eigenvalue weighted by atomic mass is 35.5. The molecule has 2 rings (SSSR count). The maximum atomic E-state index is 12.4. The van der Waals surface area contributed by atoms with Crippen LogP contribution < -0.4 is 11.1 Å². The standard InChI is InChI=1S/C16H27N3OS.2ClH/c1-15(2,3)12-10-21-13(19-12)9-18-14(20)11-7-5-6-8-16(11,4)17;;/h10-11H,5-9,17H2,1-4H3,(H,18,20);2*1H. The van der Waals surface area contributed by atoms with Gasteiger partial charge in [0.25, 0.3) is 0 Å². The number of rotatable bonds is 3. The van der Waals surface area contributed by atoms with E-state index >= 15 is 0 Å². The Morgan fingerprint density at radius 1 is 1.43 bits per heavy atom. The summed E-state index contributed by atoms with van der Waals surface area (Å²) in [5, 5.41) is 6.06. The topological polar surface area (TPSA) is 68.0 Å². The van der Waals surface area contributed by atoms with Crippen LogP contribution in [0, 0.1) is 5.92 Å². The third kappa shape index (κ3) is 5.89. The van der Waals surface area contributed by atoms with Crippen molar-refractivity contribution < 1.29 is 4.79 Å². The molecule has 0 aliphatic heterocycles. The van der Waals surface area contributed by atoms with E-state index in [9.17, 15) is 4.79 Å². The first-order valence-corrected chi connectivity index (χ1v) is 8.59. The first-order chi connectivity index (χ1) is 9.70. The monoisotopic (exact) mass is 381 g/mol. The number of nitrogens with zero attached hydrogens (tertiary/aromatic N) is 1. The van der Waals surface area contributed by atoms with Crippen molar-refractivity contribution >= 4 is 42.1 Å². The first kappa shape index (κ1) is 22.6. The molecule has 2 unspecified atom stereocenters. The molecule has 4 nitrogen and oxygen atoms in total. The van der Waals surface area contributed by atoms with Gasteiger partial charge in [-0.3, -0.25) is 4.79 Å². The summed E-state index contributed by atoms with van der Waals surface area (Å²) in [6, 6.07) is 0. The van der Waals surface area contributed by atoms with Crippen LogP contribution in [-0.2, 0) is 16.8 Å². The van der Waals surface area contributed by atoms with Gasteiger partial charge < -0.3 is 11.1 Å². The fraction of sp³-hybridized carbons (Fsp3) is 0.750. The molecule has 1 saturated carbocycles. The second-order valence-corrected chi connectivity index (χ2v) is 8.34. The molecule has 3 N–H and O–H groups in total. The van der Waals surface area contributed by atoms with E-state index in [1.165, 1.54) is 0 Å². The van der Waals surface area contributed by atoms with Crippen LogP contribution in [0.25, 0.3) is 0 Å². The molecule has 1 aromatic rings. The molecular weight excluding hydrogens is 353 g/mol. The Labute approximate surface area is 155 Å². The van der Waals surface area contributed by atoms with E-state index in [1.807, 2.05) is 6.92 Å². The van der Waals surface area contributed by atoms with Gasteiger partial charge in [-0.25, -0.2) is 4.98 Å². The minimum absolute atomic E-state index is 0. The molecule has 1 heterocycles. The fourth-order valence-electron chi connectivity index (χ4n) is 2.81. The lowest BCUT2D eigenvalue weighted by atomic mass is 9.74. The minimum atomic E-state index is -0.373. The number of amides is 1. The van der Waals surface area contributed by atoms with Crippen molar-refractivity contribution in [2.24, 2.45) is 11.7 Å². The lowest BCUT2D eigenvalue weighted by molar-refractivity contribution is -0.128. The summed E-state index contributed by atoms with van der Waals surface area (Å²) in [5.74, 6) is 0.000470. The first-order valence-electron chi connectivity index (χ1n) is 7.71.